The van der Waals surface area contributed by atoms with E-state index >= 15 is 0 Å². The first-order chi connectivity index (χ1) is 7.40. The molecule has 16 heavy (non-hydrogen) atoms. The second kappa shape index (κ2) is 7.35. The maximum absolute atomic E-state index is 2.39. The van der Waals surface area contributed by atoms with E-state index in [-0.39, 0.29) is 0 Å². The average molecular weight is 226 g/mol. The van der Waals surface area contributed by atoms with E-state index in [1.165, 1.54) is 32.1 Å². The Balaban J connectivity index is 4.63. The number of rotatable bonds is 8. The Hall–Kier alpha value is 0. The van der Waals surface area contributed by atoms with Crippen molar-refractivity contribution in [2.24, 2.45) is 23.2 Å². The molecule has 0 aliphatic rings. The van der Waals surface area contributed by atoms with Gasteiger partial charge in [0.05, 0.1) is 0 Å². The quantitative estimate of drug-likeness (QED) is 0.482. The van der Waals surface area contributed by atoms with Crippen molar-refractivity contribution in [3.8, 4) is 0 Å². The van der Waals surface area contributed by atoms with Gasteiger partial charge in [-0.15, -0.1) is 0 Å². The summed E-state index contributed by atoms with van der Waals surface area (Å²) >= 11 is 0. The van der Waals surface area contributed by atoms with Gasteiger partial charge in [0.15, 0.2) is 0 Å². The molecule has 0 fully saturated rings. The first-order valence-electron chi connectivity index (χ1n) is 7.40. The van der Waals surface area contributed by atoms with Crippen molar-refractivity contribution < 1.29 is 0 Å². The van der Waals surface area contributed by atoms with Crippen LogP contribution in [0.1, 0.15) is 80.6 Å². The van der Waals surface area contributed by atoms with Gasteiger partial charge in [-0.2, -0.15) is 0 Å². The second-order valence-corrected chi connectivity index (χ2v) is 6.42. The lowest BCUT2D eigenvalue weighted by molar-refractivity contribution is 0.133. The number of hydrogen-bond acceptors (Lipinski definition) is 0. The van der Waals surface area contributed by atoms with Crippen LogP contribution in [0.3, 0.4) is 0 Å². The van der Waals surface area contributed by atoms with E-state index in [1.54, 1.807) is 0 Å². The van der Waals surface area contributed by atoms with Gasteiger partial charge >= 0.3 is 0 Å². The molecule has 0 aromatic carbocycles. The Kier molecular flexibility index (Phi) is 7.35. The predicted molar refractivity (Wildman–Crippen MR) is 75.7 cm³/mol. The van der Waals surface area contributed by atoms with Gasteiger partial charge < -0.3 is 0 Å². The van der Waals surface area contributed by atoms with Crippen LogP contribution < -0.4 is 0 Å². The minimum absolute atomic E-state index is 0.610. The minimum atomic E-state index is 0.610. The Morgan fingerprint density at radius 1 is 0.812 bits per heavy atom. The van der Waals surface area contributed by atoms with Crippen molar-refractivity contribution >= 4 is 0 Å². The average Bonchev–Trinajstić information content (AvgIpc) is 2.23. The van der Waals surface area contributed by atoms with Crippen molar-refractivity contribution in [1.29, 1.82) is 0 Å². The highest BCUT2D eigenvalue weighted by Gasteiger charge is 2.30. The second-order valence-electron chi connectivity index (χ2n) is 6.42. The van der Waals surface area contributed by atoms with Crippen molar-refractivity contribution in [3.05, 3.63) is 0 Å². The van der Waals surface area contributed by atoms with Crippen molar-refractivity contribution in [2.75, 3.05) is 0 Å². The van der Waals surface area contributed by atoms with Gasteiger partial charge in [0.25, 0.3) is 0 Å². The van der Waals surface area contributed by atoms with Crippen LogP contribution in [0, 0.1) is 23.2 Å². The summed E-state index contributed by atoms with van der Waals surface area (Å²) in [6.07, 6.45) is 6.89. The molecule has 0 aromatic rings. The molecule has 1 unspecified atom stereocenters. The Morgan fingerprint density at radius 2 is 1.31 bits per heavy atom. The zero-order valence-electron chi connectivity index (χ0n) is 12.8. The van der Waals surface area contributed by atoms with E-state index in [9.17, 15) is 0 Å². The molecule has 0 saturated heterocycles. The van der Waals surface area contributed by atoms with Gasteiger partial charge in [-0.1, -0.05) is 67.7 Å². The Morgan fingerprint density at radius 3 is 1.56 bits per heavy atom. The zero-order chi connectivity index (χ0) is 12.8. The summed E-state index contributed by atoms with van der Waals surface area (Å²) < 4.78 is 0. The highest BCUT2D eigenvalue weighted by molar-refractivity contribution is 4.81. The van der Waals surface area contributed by atoms with Gasteiger partial charge in [-0.3, -0.25) is 0 Å². The minimum Gasteiger partial charge on any atom is -0.0651 e. The van der Waals surface area contributed by atoms with Crippen LogP contribution in [-0.2, 0) is 0 Å². The Bertz CT molecular complexity index is 163. The fraction of sp³-hybridized carbons (Fsp3) is 1.00. The molecule has 0 nitrogen and oxygen atoms in total. The highest BCUT2D eigenvalue weighted by atomic mass is 14.4. The normalized spacial score (nSPS) is 14.8. The van der Waals surface area contributed by atoms with Gasteiger partial charge in [-0.05, 0) is 36.0 Å². The molecule has 0 radical (unpaired) electrons. The molecule has 0 aliphatic carbocycles. The van der Waals surface area contributed by atoms with E-state index in [4.69, 9.17) is 0 Å². The van der Waals surface area contributed by atoms with Gasteiger partial charge in [-0.25, -0.2) is 0 Å². The molecule has 0 bridgehead atoms. The molecular weight excluding hydrogens is 192 g/mol. The van der Waals surface area contributed by atoms with Crippen molar-refractivity contribution in [3.63, 3.8) is 0 Å². The lowest BCUT2D eigenvalue weighted by atomic mass is 9.68. The van der Waals surface area contributed by atoms with Crippen LogP contribution in [0.5, 0.6) is 0 Å². The van der Waals surface area contributed by atoms with Crippen LogP contribution in [0.2, 0.25) is 0 Å². The molecule has 0 rings (SSSR count). The molecule has 98 valence electrons. The largest absolute Gasteiger partial charge is 0.0651 e. The molecular formula is C16H34. The lowest BCUT2D eigenvalue weighted by Crippen LogP contribution is -2.26. The fourth-order valence-electron chi connectivity index (χ4n) is 3.18. The summed E-state index contributed by atoms with van der Waals surface area (Å²) in [6, 6.07) is 0. The third kappa shape index (κ3) is 4.89. The van der Waals surface area contributed by atoms with Crippen LogP contribution in [0.25, 0.3) is 0 Å². The van der Waals surface area contributed by atoms with Crippen LogP contribution in [0.15, 0.2) is 0 Å². The van der Waals surface area contributed by atoms with E-state index in [1.807, 2.05) is 0 Å². The van der Waals surface area contributed by atoms with E-state index in [2.05, 4.69) is 48.5 Å². The van der Waals surface area contributed by atoms with Crippen molar-refractivity contribution in [1.82, 2.24) is 0 Å². The summed E-state index contributed by atoms with van der Waals surface area (Å²) in [6.45, 7) is 16.7. The smallest absolute Gasteiger partial charge is 0.0298 e. The maximum Gasteiger partial charge on any atom is -0.0298 e. The summed E-state index contributed by atoms with van der Waals surface area (Å²) in [5.41, 5.74) is 0.610. The highest BCUT2D eigenvalue weighted by Crippen LogP contribution is 2.42. The monoisotopic (exact) mass is 226 g/mol. The van der Waals surface area contributed by atoms with Gasteiger partial charge in [0.2, 0.25) is 0 Å². The zero-order valence-corrected chi connectivity index (χ0v) is 12.8. The molecule has 0 spiro atoms. The van der Waals surface area contributed by atoms with E-state index in [0.717, 1.165) is 17.8 Å². The van der Waals surface area contributed by atoms with E-state index < -0.39 is 0 Å². The SMILES string of the molecule is CCC(CC(CC)(CC)CC(C)C)C(C)C. The molecule has 0 heterocycles. The molecule has 1 atom stereocenters. The fourth-order valence-corrected chi connectivity index (χ4v) is 3.18. The maximum atomic E-state index is 2.39. The first kappa shape index (κ1) is 16.0. The molecule has 0 amide bonds. The molecule has 0 saturated carbocycles. The standard InChI is InChI=1S/C16H34/c1-8-15(14(6)7)12-16(9-2,10-3)11-13(4)5/h13-15H,8-12H2,1-7H3. The predicted octanol–water partition coefficient (Wildman–Crippen LogP) is 5.91. The van der Waals surface area contributed by atoms with Crippen LogP contribution >= 0.6 is 0 Å². The van der Waals surface area contributed by atoms with Gasteiger partial charge in [0, 0.05) is 0 Å². The summed E-state index contributed by atoms with van der Waals surface area (Å²) in [5, 5.41) is 0. The van der Waals surface area contributed by atoms with Crippen LogP contribution in [0.4, 0.5) is 0 Å². The summed E-state index contributed by atoms with van der Waals surface area (Å²) in [5.74, 6) is 2.60. The third-order valence-electron chi connectivity index (χ3n) is 4.50. The van der Waals surface area contributed by atoms with E-state index in [0.29, 0.717) is 5.41 Å². The summed E-state index contributed by atoms with van der Waals surface area (Å²) in [7, 11) is 0. The molecule has 0 heteroatoms. The molecule has 0 N–H and O–H groups in total. The molecule has 0 aromatic heterocycles. The molecule has 0 aliphatic heterocycles. The summed E-state index contributed by atoms with van der Waals surface area (Å²) in [4.78, 5) is 0. The number of hydrogen-bond donors (Lipinski definition) is 0. The Labute approximate surface area is 104 Å². The van der Waals surface area contributed by atoms with Gasteiger partial charge in [0.1, 0.15) is 0 Å². The van der Waals surface area contributed by atoms with Crippen molar-refractivity contribution in [2.45, 2.75) is 80.6 Å². The topological polar surface area (TPSA) is 0 Å². The lowest BCUT2D eigenvalue weighted by Gasteiger charge is -2.38. The third-order valence-corrected chi connectivity index (χ3v) is 4.50. The first-order valence-corrected chi connectivity index (χ1v) is 7.40. The van der Waals surface area contributed by atoms with Crippen LogP contribution in [-0.4, -0.2) is 0 Å².